The van der Waals surface area contributed by atoms with Crippen molar-refractivity contribution in [3.8, 4) is 0 Å². The fraction of sp³-hybridized carbons (Fsp3) is 0.0714. The fourth-order valence-corrected chi connectivity index (χ4v) is 2.24. The summed E-state index contributed by atoms with van der Waals surface area (Å²) in [7, 11) is 0. The largest absolute Gasteiger partial charge is 0.294 e. The maximum Gasteiger partial charge on any atom is 0.281 e. The van der Waals surface area contributed by atoms with Gasteiger partial charge in [-0.25, -0.2) is 4.39 Å². The van der Waals surface area contributed by atoms with Gasteiger partial charge in [0, 0.05) is 28.1 Å². The SMILES string of the molecule is O=C(Cc1c(F)cccc1Cl)c1ccc(Cl)cc1[N+](=O)[O-]. The van der Waals surface area contributed by atoms with Crippen LogP contribution in [0.5, 0.6) is 0 Å². The molecule has 2 aromatic rings. The molecule has 0 bridgehead atoms. The second-order valence-corrected chi connectivity index (χ2v) is 5.06. The van der Waals surface area contributed by atoms with Crippen LogP contribution in [0.3, 0.4) is 0 Å². The lowest BCUT2D eigenvalue weighted by Gasteiger charge is -2.06. The zero-order chi connectivity index (χ0) is 15.6. The molecule has 0 spiro atoms. The van der Waals surface area contributed by atoms with Gasteiger partial charge in [0.2, 0.25) is 0 Å². The highest BCUT2D eigenvalue weighted by Gasteiger charge is 2.22. The van der Waals surface area contributed by atoms with Crippen molar-refractivity contribution < 1.29 is 14.1 Å². The Kier molecular flexibility index (Phi) is 4.55. The Labute approximate surface area is 129 Å². The number of benzene rings is 2. The summed E-state index contributed by atoms with van der Waals surface area (Å²) in [5.41, 5.74) is -0.544. The van der Waals surface area contributed by atoms with Crippen molar-refractivity contribution >= 4 is 34.7 Å². The van der Waals surface area contributed by atoms with Gasteiger partial charge in [0.05, 0.1) is 10.5 Å². The Morgan fingerprint density at radius 2 is 1.95 bits per heavy atom. The van der Waals surface area contributed by atoms with Crippen LogP contribution in [0.1, 0.15) is 15.9 Å². The van der Waals surface area contributed by atoms with E-state index in [9.17, 15) is 19.3 Å². The summed E-state index contributed by atoms with van der Waals surface area (Å²) >= 11 is 11.5. The van der Waals surface area contributed by atoms with Crippen molar-refractivity contribution in [2.24, 2.45) is 0 Å². The summed E-state index contributed by atoms with van der Waals surface area (Å²) in [5, 5.41) is 11.2. The number of Topliss-reactive ketones (excluding diaryl/α,β-unsaturated/α-hetero) is 1. The number of nitro groups is 1. The average molecular weight is 328 g/mol. The van der Waals surface area contributed by atoms with E-state index >= 15 is 0 Å². The monoisotopic (exact) mass is 327 g/mol. The molecule has 0 saturated carbocycles. The Morgan fingerprint density at radius 3 is 2.57 bits per heavy atom. The molecule has 0 aliphatic rings. The van der Waals surface area contributed by atoms with E-state index in [0.29, 0.717) is 0 Å². The average Bonchev–Trinajstić information content (AvgIpc) is 2.42. The third-order valence-electron chi connectivity index (χ3n) is 2.86. The zero-order valence-electron chi connectivity index (χ0n) is 10.5. The smallest absolute Gasteiger partial charge is 0.281 e. The minimum atomic E-state index is -0.706. The summed E-state index contributed by atoms with van der Waals surface area (Å²) in [4.78, 5) is 22.4. The van der Waals surface area contributed by atoms with Crippen LogP contribution in [-0.4, -0.2) is 10.7 Å². The van der Waals surface area contributed by atoms with E-state index in [2.05, 4.69) is 0 Å². The van der Waals surface area contributed by atoms with Gasteiger partial charge in [-0.05, 0) is 24.3 Å². The molecule has 0 radical (unpaired) electrons. The number of carbonyl (C=O) groups is 1. The number of carbonyl (C=O) groups excluding carboxylic acids is 1. The fourth-order valence-electron chi connectivity index (χ4n) is 1.85. The third-order valence-corrected chi connectivity index (χ3v) is 3.45. The molecular weight excluding hydrogens is 320 g/mol. The van der Waals surface area contributed by atoms with Gasteiger partial charge in [0.15, 0.2) is 5.78 Å². The lowest BCUT2D eigenvalue weighted by atomic mass is 10.0. The Balaban J connectivity index is 2.40. The zero-order valence-corrected chi connectivity index (χ0v) is 12.0. The van der Waals surface area contributed by atoms with E-state index in [-0.39, 0.29) is 27.6 Å². The Bertz CT molecular complexity index is 714. The molecule has 0 heterocycles. The van der Waals surface area contributed by atoms with Gasteiger partial charge >= 0.3 is 0 Å². The van der Waals surface area contributed by atoms with E-state index in [1.54, 1.807) is 0 Å². The molecule has 0 N–H and O–H groups in total. The highest BCUT2D eigenvalue weighted by atomic mass is 35.5. The molecule has 0 saturated heterocycles. The van der Waals surface area contributed by atoms with E-state index in [4.69, 9.17) is 23.2 Å². The first-order valence-corrected chi connectivity index (χ1v) is 6.55. The molecule has 4 nitrogen and oxygen atoms in total. The van der Waals surface area contributed by atoms with Crippen LogP contribution >= 0.6 is 23.2 Å². The van der Waals surface area contributed by atoms with Crippen LogP contribution in [0.15, 0.2) is 36.4 Å². The van der Waals surface area contributed by atoms with Gasteiger partial charge in [-0.3, -0.25) is 14.9 Å². The third kappa shape index (κ3) is 3.37. The molecule has 0 atom stereocenters. The van der Waals surface area contributed by atoms with E-state index in [1.807, 2.05) is 0 Å². The highest BCUT2D eigenvalue weighted by Crippen LogP contribution is 2.26. The van der Waals surface area contributed by atoms with Gasteiger partial charge in [-0.2, -0.15) is 0 Å². The van der Waals surface area contributed by atoms with Crippen molar-refractivity contribution in [3.63, 3.8) is 0 Å². The van der Waals surface area contributed by atoms with Crippen molar-refractivity contribution in [1.29, 1.82) is 0 Å². The molecule has 0 unspecified atom stereocenters. The number of rotatable bonds is 4. The quantitative estimate of drug-likeness (QED) is 0.473. The van der Waals surface area contributed by atoms with E-state index in [1.165, 1.54) is 30.3 Å². The summed E-state index contributed by atoms with van der Waals surface area (Å²) in [6, 6.07) is 7.73. The van der Waals surface area contributed by atoms with Crippen molar-refractivity contribution in [3.05, 3.63) is 73.5 Å². The predicted molar refractivity (Wildman–Crippen MR) is 77.6 cm³/mol. The van der Waals surface area contributed by atoms with Crippen molar-refractivity contribution in [2.75, 3.05) is 0 Å². The number of hydrogen-bond acceptors (Lipinski definition) is 3. The highest BCUT2D eigenvalue weighted by molar-refractivity contribution is 6.32. The summed E-state index contributed by atoms with van der Waals surface area (Å²) in [5.74, 6) is -1.24. The second kappa shape index (κ2) is 6.20. The van der Waals surface area contributed by atoms with Gasteiger partial charge in [0.1, 0.15) is 5.82 Å². The molecule has 0 fully saturated rings. The Hall–Kier alpha value is -1.98. The first kappa shape index (κ1) is 15.4. The van der Waals surface area contributed by atoms with E-state index in [0.717, 1.165) is 6.07 Å². The lowest BCUT2D eigenvalue weighted by molar-refractivity contribution is -0.385. The molecule has 2 aromatic carbocycles. The topological polar surface area (TPSA) is 60.2 Å². The standard InChI is InChI=1S/C14H8Cl2FNO3/c15-8-4-5-9(13(6-8)18(20)21)14(19)7-10-11(16)2-1-3-12(10)17/h1-6H,7H2. The summed E-state index contributed by atoms with van der Waals surface area (Å²) in [6.07, 6.45) is -0.367. The number of ketones is 1. The van der Waals surface area contributed by atoms with Gasteiger partial charge in [-0.1, -0.05) is 29.3 Å². The maximum atomic E-state index is 13.7. The lowest BCUT2D eigenvalue weighted by Crippen LogP contribution is -2.08. The number of nitrogens with zero attached hydrogens (tertiary/aromatic N) is 1. The maximum absolute atomic E-state index is 13.7. The van der Waals surface area contributed by atoms with Crippen LogP contribution in [0.2, 0.25) is 10.0 Å². The number of nitro benzene ring substituents is 1. The minimum absolute atomic E-state index is 0.00779. The molecule has 0 aliphatic heterocycles. The van der Waals surface area contributed by atoms with Crippen LogP contribution < -0.4 is 0 Å². The molecule has 108 valence electrons. The van der Waals surface area contributed by atoms with Gasteiger partial charge in [-0.15, -0.1) is 0 Å². The van der Waals surface area contributed by atoms with Gasteiger partial charge < -0.3 is 0 Å². The Morgan fingerprint density at radius 1 is 1.24 bits per heavy atom. The molecule has 0 aromatic heterocycles. The van der Waals surface area contributed by atoms with Gasteiger partial charge in [0.25, 0.3) is 5.69 Å². The predicted octanol–water partition coefficient (Wildman–Crippen LogP) is 4.47. The van der Waals surface area contributed by atoms with Crippen molar-refractivity contribution in [2.45, 2.75) is 6.42 Å². The molecule has 7 heteroatoms. The molecular formula is C14H8Cl2FNO3. The first-order chi connectivity index (χ1) is 9.90. The van der Waals surface area contributed by atoms with Crippen LogP contribution in [0.25, 0.3) is 0 Å². The normalized spacial score (nSPS) is 10.4. The number of halogens is 3. The molecule has 0 aliphatic carbocycles. The van der Waals surface area contributed by atoms with Crippen LogP contribution in [0, 0.1) is 15.9 Å². The second-order valence-electron chi connectivity index (χ2n) is 4.22. The van der Waals surface area contributed by atoms with Crippen molar-refractivity contribution in [1.82, 2.24) is 0 Å². The van der Waals surface area contributed by atoms with Crippen LogP contribution in [0.4, 0.5) is 10.1 Å². The van der Waals surface area contributed by atoms with Crippen LogP contribution in [-0.2, 0) is 6.42 Å². The summed E-state index contributed by atoms with van der Waals surface area (Å²) < 4.78 is 13.7. The number of hydrogen-bond donors (Lipinski definition) is 0. The molecule has 2 rings (SSSR count). The molecule has 21 heavy (non-hydrogen) atoms. The summed E-state index contributed by atoms with van der Waals surface area (Å²) in [6.45, 7) is 0. The first-order valence-electron chi connectivity index (χ1n) is 5.80. The molecule has 0 amide bonds. The van der Waals surface area contributed by atoms with E-state index < -0.39 is 22.2 Å². The minimum Gasteiger partial charge on any atom is -0.294 e.